The fraction of sp³-hybridized carbons (Fsp3) is 0.400. The zero-order valence-electron chi connectivity index (χ0n) is 11.1. The van der Waals surface area contributed by atoms with Gasteiger partial charge in [-0.1, -0.05) is 0 Å². The highest BCUT2D eigenvalue weighted by atomic mass is 16.5. The molecule has 1 fully saturated rings. The molecule has 1 aliphatic rings. The molecule has 4 heteroatoms. The van der Waals surface area contributed by atoms with E-state index in [1.807, 2.05) is 31.2 Å². The van der Waals surface area contributed by atoms with Crippen molar-refractivity contribution in [2.45, 2.75) is 32.4 Å². The minimum absolute atomic E-state index is 0.667. The van der Waals surface area contributed by atoms with E-state index in [-0.39, 0.29) is 0 Å². The van der Waals surface area contributed by atoms with Gasteiger partial charge in [-0.3, -0.25) is 0 Å². The predicted octanol–water partition coefficient (Wildman–Crippen LogP) is 2.99. The maximum atomic E-state index is 5.73. The maximum absolute atomic E-state index is 5.73. The number of aromatic nitrogens is 1. The number of rotatable bonds is 6. The van der Waals surface area contributed by atoms with Crippen LogP contribution in [-0.2, 0) is 6.54 Å². The summed E-state index contributed by atoms with van der Waals surface area (Å²) >= 11 is 0. The van der Waals surface area contributed by atoms with E-state index in [2.05, 4.69) is 10.3 Å². The molecular weight excluding hydrogens is 240 g/mol. The van der Waals surface area contributed by atoms with Crippen molar-refractivity contribution < 1.29 is 9.15 Å². The number of nitrogens with zero attached hydrogens (tertiary/aromatic N) is 1. The molecule has 2 aromatic rings. The minimum atomic E-state index is 0.667. The Bertz CT molecular complexity index is 529. The average molecular weight is 258 g/mol. The van der Waals surface area contributed by atoms with Gasteiger partial charge in [0.1, 0.15) is 5.75 Å². The van der Waals surface area contributed by atoms with E-state index in [1.54, 1.807) is 6.20 Å². The van der Waals surface area contributed by atoms with Crippen molar-refractivity contribution in [3.63, 3.8) is 0 Å². The molecule has 0 atom stereocenters. The normalized spacial score (nSPS) is 14.6. The zero-order valence-corrected chi connectivity index (χ0v) is 11.1. The molecule has 0 spiro atoms. The second-order valence-electron chi connectivity index (χ2n) is 4.73. The summed E-state index contributed by atoms with van der Waals surface area (Å²) in [5, 5.41) is 3.39. The standard InChI is InChI=1S/C15H18N2O2/c1-2-18-13-7-3-11(4-8-13)14-9-17-15(19-14)10-16-12-5-6-12/h3-4,7-9,12,16H,2,5-6,10H2,1H3. The van der Waals surface area contributed by atoms with Crippen molar-refractivity contribution >= 4 is 0 Å². The zero-order chi connectivity index (χ0) is 13.1. The molecule has 1 aromatic carbocycles. The number of oxazole rings is 1. The van der Waals surface area contributed by atoms with E-state index in [4.69, 9.17) is 9.15 Å². The lowest BCUT2D eigenvalue weighted by Crippen LogP contribution is -2.15. The second kappa shape index (κ2) is 5.45. The molecule has 0 aliphatic heterocycles. The van der Waals surface area contributed by atoms with Crippen molar-refractivity contribution in [1.29, 1.82) is 0 Å². The summed E-state index contributed by atoms with van der Waals surface area (Å²) in [5.41, 5.74) is 1.02. The molecule has 3 rings (SSSR count). The van der Waals surface area contributed by atoms with E-state index >= 15 is 0 Å². The molecule has 1 aliphatic carbocycles. The lowest BCUT2D eigenvalue weighted by Gasteiger charge is -2.03. The van der Waals surface area contributed by atoms with Crippen LogP contribution in [0.25, 0.3) is 11.3 Å². The molecule has 1 N–H and O–H groups in total. The summed E-state index contributed by atoms with van der Waals surface area (Å²) in [7, 11) is 0. The number of ether oxygens (including phenoxy) is 1. The smallest absolute Gasteiger partial charge is 0.208 e. The number of hydrogen-bond acceptors (Lipinski definition) is 4. The first-order valence-electron chi connectivity index (χ1n) is 6.76. The predicted molar refractivity (Wildman–Crippen MR) is 73.0 cm³/mol. The van der Waals surface area contributed by atoms with Gasteiger partial charge >= 0.3 is 0 Å². The van der Waals surface area contributed by atoms with E-state index in [0.717, 1.165) is 23.0 Å². The molecule has 0 amide bonds. The number of nitrogens with one attached hydrogen (secondary N) is 1. The Balaban J connectivity index is 1.66. The molecule has 0 radical (unpaired) electrons. The first-order chi connectivity index (χ1) is 9.35. The van der Waals surface area contributed by atoms with Gasteiger partial charge in [0.15, 0.2) is 5.76 Å². The van der Waals surface area contributed by atoms with Crippen LogP contribution in [0.4, 0.5) is 0 Å². The first kappa shape index (κ1) is 12.2. The van der Waals surface area contributed by atoms with Gasteiger partial charge in [-0.15, -0.1) is 0 Å². The van der Waals surface area contributed by atoms with Gasteiger partial charge < -0.3 is 14.5 Å². The monoisotopic (exact) mass is 258 g/mol. The van der Waals surface area contributed by atoms with E-state index in [0.29, 0.717) is 19.2 Å². The number of benzene rings is 1. The van der Waals surface area contributed by atoms with Crippen LogP contribution in [0, 0.1) is 0 Å². The Morgan fingerprint density at radius 1 is 1.32 bits per heavy atom. The van der Waals surface area contributed by atoms with Crippen LogP contribution >= 0.6 is 0 Å². The third-order valence-electron chi connectivity index (χ3n) is 3.12. The van der Waals surface area contributed by atoms with Gasteiger partial charge in [0.2, 0.25) is 5.89 Å². The molecule has 100 valence electrons. The van der Waals surface area contributed by atoms with Crippen LogP contribution in [0.3, 0.4) is 0 Å². The quantitative estimate of drug-likeness (QED) is 0.865. The Labute approximate surface area is 112 Å². The Morgan fingerprint density at radius 2 is 2.11 bits per heavy atom. The highest BCUT2D eigenvalue weighted by Crippen LogP contribution is 2.24. The molecule has 4 nitrogen and oxygen atoms in total. The van der Waals surface area contributed by atoms with Crippen LogP contribution in [0.1, 0.15) is 25.7 Å². The molecule has 19 heavy (non-hydrogen) atoms. The first-order valence-corrected chi connectivity index (χ1v) is 6.76. The van der Waals surface area contributed by atoms with Gasteiger partial charge in [0, 0.05) is 11.6 Å². The summed E-state index contributed by atoms with van der Waals surface area (Å²) < 4.78 is 11.2. The van der Waals surface area contributed by atoms with Gasteiger partial charge in [0.05, 0.1) is 19.3 Å². The van der Waals surface area contributed by atoms with E-state index < -0.39 is 0 Å². The highest BCUT2D eigenvalue weighted by Gasteiger charge is 2.20. The van der Waals surface area contributed by atoms with Crippen molar-refractivity contribution in [2.24, 2.45) is 0 Å². The van der Waals surface area contributed by atoms with Gasteiger partial charge in [-0.05, 0) is 44.0 Å². The molecule has 1 saturated carbocycles. The summed E-state index contributed by atoms with van der Waals surface area (Å²) in [6, 6.07) is 8.54. The second-order valence-corrected chi connectivity index (χ2v) is 4.73. The highest BCUT2D eigenvalue weighted by molar-refractivity contribution is 5.57. The maximum Gasteiger partial charge on any atom is 0.208 e. The van der Waals surface area contributed by atoms with E-state index in [1.165, 1.54) is 12.8 Å². The van der Waals surface area contributed by atoms with Crippen molar-refractivity contribution in [2.75, 3.05) is 6.61 Å². The fourth-order valence-corrected chi connectivity index (χ4v) is 1.93. The summed E-state index contributed by atoms with van der Waals surface area (Å²) in [6.45, 7) is 3.36. The topological polar surface area (TPSA) is 47.3 Å². The molecule has 0 bridgehead atoms. The lowest BCUT2D eigenvalue weighted by molar-refractivity contribution is 0.340. The van der Waals surface area contributed by atoms with Crippen LogP contribution in [0.2, 0.25) is 0 Å². The Morgan fingerprint density at radius 3 is 2.79 bits per heavy atom. The third-order valence-corrected chi connectivity index (χ3v) is 3.12. The van der Waals surface area contributed by atoms with Crippen LogP contribution < -0.4 is 10.1 Å². The lowest BCUT2D eigenvalue weighted by atomic mass is 10.2. The fourth-order valence-electron chi connectivity index (χ4n) is 1.93. The van der Waals surface area contributed by atoms with Gasteiger partial charge in [0.25, 0.3) is 0 Å². The van der Waals surface area contributed by atoms with Crippen LogP contribution in [0.15, 0.2) is 34.9 Å². The molecule has 0 unspecified atom stereocenters. The number of hydrogen-bond donors (Lipinski definition) is 1. The van der Waals surface area contributed by atoms with Crippen molar-refractivity contribution in [3.8, 4) is 17.1 Å². The van der Waals surface area contributed by atoms with Crippen molar-refractivity contribution in [1.82, 2.24) is 10.3 Å². The molecular formula is C15H18N2O2. The SMILES string of the molecule is CCOc1ccc(-c2cnc(CNC3CC3)o2)cc1. The Hall–Kier alpha value is -1.81. The summed E-state index contributed by atoms with van der Waals surface area (Å²) in [5.74, 6) is 2.42. The summed E-state index contributed by atoms with van der Waals surface area (Å²) in [6.07, 6.45) is 4.32. The van der Waals surface area contributed by atoms with Crippen LogP contribution in [0.5, 0.6) is 5.75 Å². The summed E-state index contributed by atoms with van der Waals surface area (Å²) in [4.78, 5) is 4.29. The van der Waals surface area contributed by atoms with E-state index in [9.17, 15) is 0 Å². The van der Waals surface area contributed by atoms with Gasteiger partial charge in [-0.25, -0.2) is 4.98 Å². The Kier molecular flexibility index (Phi) is 3.51. The average Bonchev–Trinajstić information content (AvgIpc) is 3.15. The minimum Gasteiger partial charge on any atom is -0.494 e. The third kappa shape index (κ3) is 3.15. The molecule has 1 heterocycles. The largest absolute Gasteiger partial charge is 0.494 e. The van der Waals surface area contributed by atoms with Crippen LogP contribution in [-0.4, -0.2) is 17.6 Å². The van der Waals surface area contributed by atoms with Crippen molar-refractivity contribution in [3.05, 3.63) is 36.4 Å². The molecule has 1 aromatic heterocycles. The van der Waals surface area contributed by atoms with Gasteiger partial charge in [-0.2, -0.15) is 0 Å². The molecule has 0 saturated heterocycles.